The summed E-state index contributed by atoms with van der Waals surface area (Å²) in [6, 6.07) is 18.9. The summed E-state index contributed by atoms with van der Waals surface area (Å²) in [4.78, 5) is 20.0. The van der Waals surface area contributed by atoms with Crippen molar-refractivity contribution >= 4 is 5.91 Å². The lowest BCUT2D eigenvalue weighted by Gasteiger charge is -2.30. The van der Waals surface area contributed by atoms with Gasteiger partial charge in [0.1, 0.15) is 5.75 Å². The Bertz CT molecular complexity index is 1210. The van der Waals surface area contributed by atoms with E-state index in [4.69, 9.17) is 16.0 Å². The summed E-state index contributed by atoms with van der Waals surface area (Å²) in [6.07, 6.45) is -3.21. The number of hydrogen-bond donors (Lipinski definition) is 1. The largest absolute Gasteiger partial charge is 0.462 e. The normalized spacial score (nSPS) is 13.2. The quantitative estimate of drug-likeness (QED) is 0.337. The van der Waals surface area contributed by atoms with Crippen molar-refractivity contribution in [3.8, 4) is 11.6 Å². The van der Waals surface area contributed by atoms with E-state index in [9.17, 15) is 18.0 Å². The first kappa shape index (κ1) is 27.5. The van der Waals surface area contributed by atoms with Crippen molar-refractivity contribution in [1.29, 1.82) is 0 Å². The van der Waals surface area contributed by atoms with Gasteiger partial charge in [0.15, 0.2) is 5.60 Å². The molecule has 3 rings (SSSR count). The van der Waals surface area contributed by atoms with Crippen molar-refractivity contribution in [1.82, 2.24) is 10.3 Å². The third-order valence-electron chi connectivity index (χ3n) is 5.83. The molecule has 0 bridgehead atoms. The molecular weight excluding hydrogens is 483 g/mol. The molecule has 3 aromatic rings. The summed E-state index contributed by atoms with van der Waals surface area (Å²) in [7, 11) is 0. The number of nitrogens with one attached hydrogen (secondary N) is 1. The van der Waals surface area contributed by atoms with Crippen LogP contribution in [0.4, 0.5) is 13.2 Å². The topological polar surface area (TPSA) is 64.8 Å². The second-order valence-corrected chi connectivity index (χ2v) is 9.05. The summed E-state index contributed by atoms with van der Waals surface area (Å²) in [5, 5.41) is 3.00. The first-order valence-electron chi connectivity index (χ1n) is 11.6. The van der Waals surface area contributed by atoms with Crippen LogP contribution in [0.15, 0.2) is 72.9 Å². The number of rotatable bonds is 10. The molecule has 0 aliphatic heterocycles. The number of carbonyl (C=O) groups excluding carboxylic acids is 1. The lowest BCUT2D eigenvalue weighted by molar-refractivity contribution is -0.138. The van der Waals surface area contributed by atoms with Gasteiger partial charge in [-0.25, -0.2) is 11.6 Å². The molecule has 37 heavy (non-hydrogen) atoms. The highest BCUT2D eigenvalue weighted by Crippen LogP contribution is 2.30. The fourth-order valence-corrected chi connectivity index (χ4v) is 3.76. The Morgan fingerprint density at radius 2 is 1.73 bits per heavy atom. The predicted molar refractivity (Wildman–Crippen MR) is 133 cm³/mol. The third-order valence-corrected chi connectivity index (χ3v) is 5.83. The Labute approximate surface area is 214 Å². The second-order valence-electron chi connectivity index (χ2n) is 9.05. The van der Waals surface area contributed by atoms with E-state index in [-0.39, 0.29) is 24.6 Å². The lowest BCUT2D eigenvalue weighted by atomic mass is 9.86. The summed E-state index contributed by atoms with van der Waals surface area (Å²) in [5.41, 5.74) is -0.224. The van der Waals surface area contributed by atoms with Crippen molar-refractivity contribution < 1.29 is 27.4 Å². The van der Waals surface area contributed by atoms with Crippen molar-refractivity contribution in [2.45, 2.75) is 50.9 Å². The van der Waals surface area contributed by atoms with Gasteiger partial charge in [0.2, 0.25) is 5.88 Å². The maximum atomic E-state index is 13.2. The van der Waals surface area contributed by atoms with Gasteiger partial charge in [0.25, 0.3) is 5.91 Å². The maximum Gasteiger partial charge on any atom is 0.417 e. The molecule has 0 saturated heterocycles. The molecule has 1 heterocycles. The third kappa shape index (κ3) is 7.71. The van der Waals surface area contributed by atoms with Crippen LogP contribution in [0.1, 0.15) is 43.4 Å². The van der Waals surface area contributed by atoms with Crippen molar-refractivity contribution in [2.75, 3.05) is 6.73 Å². The van der Waals surface area contributed by atoms with E-state index in [1.807, 2.05) is 49.4 Å². The van der Waals surface area contributed by atoms with Gasteiger partial charge >= 0.3 is 12.9 Å². The van der Waals surface area contributed by atoms with Crippen LogP contribution in [0, 0.1) is 6.57 Å². The summed E-state index contributed by atoms with van der Waals surface area (Å²) in [5.74, 6) is 0.0137. The number of carbonyl (C=O) groups is 1. The number of amides is 1. The molecule has 0 fully saturated rings. The minimum absolute atomic E-state index is 0.0467. The molecule has 194 valence electrons. The molecule has 2 unspecified atom stereocenters. The first-order valence-corrected chi connectivity index (χ1v) is 11.6. The van der Waals surface area contributed by atoms with Gasteiger partial charge in [-0.15, -0.1) is 0 Å². The molecule has 0 aliphatic carbocycles. The SMILES string of the molecule is [C-]#[N+]COc1ccc(CC(c2ccccc2)C(C)NC(=O)C(C)(C)Oc2ccc(C(F)(F)F)cn2)cc1. The zero-order valence-corrected chi connectivity index (χ0v) is 20.8. The standard InChI is InChI=1S/C28H28F3N3O3/c1-19(34-26(35)27(2,3)37-25-15-12-22(17-33-25)28(29,30)31)24(21-8-6-5-7-9-21)16-20-10-13-23(14-11-20)36-18-32-4/h5-15,17,19,24H,16,18H2,1-3H3,(H,34,35). The van der Waals surface area contributed by atoms with Crippen LogP contribution in [-0.2, 0) is 17.4 Å². The van der Waals surface area contributed by atoms with E-state index >= 15 is 0 Å². The van der Waals surface area contributed by atoms with Crippen LogP contribution in [0.3, 0.4) is 0 Å². The Hall–Kier alpha value is -4.06. The molecule has 0 aliphatic rings. The summed E-state index contributed by atoms with van der Waals surface area (Å²) >= 11 is 0. The first-order chi connectivity index (χ1) is 17.5. The Morgan fingerprint density at radius 3 is 2.30 bits per heavy atom. The number of halogens is 3. The van der Waals surface area contributed by atoms with Crippen LogP contribution in [0.5, 0.6) is 11.6 Å². The average Bonchev–Trinajstić information content (AvgIpc) is 2.86. The van der Waals surface area contributed by atoms with E-state index in [0.717, 1.165) is 23.3 Å². The van der Waals surface area contributed by atoms with Crippen LogP contribution in [0.2, 0.25) is 0 Å². The number of ether oxygens (including phenoxy) is 2. The number of pyridine rings is 1. The Morgan fingerprint density at radius 1 is 1.05 bits per heavy atom. The van der Waals surface area contributed by atoms with E-state index in [1.54, 1.807) is 12.1 Å². The Kier molecular flexibility index (Phi) is 8.77. The van der Waals surface area contributed by atoms with Crippen molar-refractivity contribution in [3.05, 3.63) is 101 Å². The number of aromatic nitrogens is 1. The predicted octanol–water partition coefficient (Wildman–Crippen LogP) is 6.04. The molecule has 1 amide bonds. The number of nitrogens with zero attached hydrogens (tertiary/aromatic N) is 2. The zero-order valence-electron chi connectivity index (χ0n) is 20.8. The minimum atomic E-state index is -4.51. The number of benzene rings is 2. The highest BCUT2D eigenvalue weighted by Gasteiger charge is 2.34. The van der Waals surface area contributed by atoms with Crippen LogP contribution < -0.4 is 14.8 Å². The molecule has 1 N–H and O–H groups in total. The number of hydrogen-bond acceptors (Lipinski definition) is 4. The second kappa shape index (κ2) is 11.8. The molecule has 6 nitrogen and oxygen atoms in total. The molecule has 1 aromatic heterocycles. The maximum absolute atomic E-state index is 13.2. The molecule has 0 saturated carbocycles. The highest BCUT2D eigenvalue weighted by molar-refractivity contribution is 5.85. The molecule has 2 aromatic carbocycles. The van der Waals surface area contributed by atoms with Crippen LogP contribution in [0.25, 0.3) is 4.85 Å². The molecule has 9 heteroatoms. The smallest absolute Gasteiger partial charge is 0.417 e. The summed E-state index contributed by atoms with van der Waals surface area (Å²) in [6.45, 7) is 11.8. The molecule has 0 spiro atoms. The highest BCUT2D eigenvalue weighted by atomic mass is 19.4. The van der Waals surface area contributed by atoms with Gasteiger partial charge in [-0.3, -0.25) is 9.64 Å². The average molecular weight is 512 g/mol. The fraction of sp³-hybridized carbons (Fsp3) is 0.321. The molecule has 0 radical (unpaired) electrons. The number of alkyl halides is 3. The lowest BCUT2D eigenvalue weighted by Crippen LogP contribution is -2.51. The van der Waals surface area contributed by atoms with E-state index < -0.39 is 23.2 Å². The van der Waals surface area contributed by atoms with Crippen molar-refractivity contribution in [3.63, 3.8) is 0 Å². The van der Waals surface area contributed by atoms with E-state index in [0.29, 0.717) is 18.4 Å². The van der Waals surface area contributed by atoms with Gasteiger partial charge in [0.05, 0.1) is 5.56 Å². The van der Waals surface area contributed by atoms with Gasteiger partial charge in [-0.05, 0) is 56.5 Å². The van der Waals surface area contributed by atoms with Crippen molar-refractivity contribution in [2.24, 2.45) is 0 Å². The summed E-state index contributed by atoms with van der Waals surface area (Å²) < 4.78 is 49.4. The van der Waals surface area contributed by atoms with Gasteiger partial charge < -0.3 is 14.8 Å². The van der Waals surface area contributed by atoms with E-state index in [2.05, 4.69) is 15.1 Å². The molecular formula is C28H28F3N3O3. The fourth-order valence-electron chi connectivity index (χ4n) is 3.76. The monoisotopic (exact) mass is 511 g/mol. The Balaban J connectivity index is 1.72. The van der Waals surface area contributed by atoms with E-state index in [1.165, 1.54) is 13.8 Å². The van der Waals surface area contributed by atoms with Crippen LogP contribution in [-0.4, -0.2) is 29.3 Å². The molecule has 2 atom stereocenters. The van der Waals surface area contributed by atoms with Gasteiger partial charge in [-0.2, -0.15) is 13.2 Å². The van der Waals surface area contributed by atoms with Crippen LogP contribution >= 0.6 is 0 Å². The van der Waals surface area contributed by atoms with Gasteiger partial charge in [0, 0.05) is 24.2 Å². The van der Waals surface area contributed by atoms with Gasteiger partial charge in [-0.1, -0.05) is 42.5 Å². The minimum Gasteiger partial charge on any atom is -0.462 e. The zero-order chi connectivity index (χ0) is 27.1.